The summed E-state index contributed by atoms with van der Waals surface area (Å²) < 4.78 is 25.9. The normalized spacial score (nSPS) is 12.0. The first-order valence-corrected chi connectivity index (χ1v) is 6.49. The zero-order valence-corrected chi connectivity index (χ0v) is 11.7. The van der Waals surface area contributed by atoms with E-state index in [0.717, 1.165) is 12.1 Å². The van der Waals surface area contributed by atoms with Crippen molar-refractivity contribution < 1.29 is 18.7 Å². The standard InChI is InChI=1S/C15H14F2N2O3/c1-8-2-4-10(15(22)19-8)14(21)18-7-13(20)9-3-5-11(16)12(17)6-9/h2-6,13,20H,7H2,1H3,(H,18,21)(H,19,22). The first-order chi connectivity index (χ1) is 10.4. The molecule has 1 heterocycles. The SMILES string of the molecule is Cc1ccc(C(=O)NCC(O)c2ccc(F)c(F)c2)c(=O)[nH]1. The molecule has 3 N–H and O–H groups in total. The Morgan fingerprint density at radius 2 is 2.00 bits per heavy atom. The highest BCUT2D eigenvalue weighted by atomic mass is 19.2. The zero-order chi connectivity index (χ0) is 16.3. The number of aromatic amines is 1. The third-order valence-electron chi connectivity index (χ3n) is 3.08. The summed E-state index contributed by atoms with van der Waals surface area (Å²) in [6, 6.07) is 5.90. The van der Waals surface area contributed by atoms with Crippen LogP contribution in [0.5, 0.6) is 0 Å². The van der Waals surface area contributed by atoms with Gasteiger partial charge in [-0.25, -0.2) is 8.78 Å². The second-order valence-electron chi connectivity index (χ2n) is 4.78. The van der Waals surface area contributed by atoms with Gasteiger partial charge < -0.3 is 15.4 Å². The number of aliphatic hydroxyl groups is 1. The van der Waals surface area contributed by atoms with Crippen LogP contribution < -0.4 is 10.9 Å². The summed E-state index contributed by atoms with van der Waals surface area (Å²) in [4.78, 5) is 25.9. The van der Waals surface area contributed by atoms with E-state index in [2.05, 4.69) is 10.3 Å². The minimum atomic E-state index is -1.22. The summed E-state index contributed by atoms with van der Waals surface area (Å²) >= 11 is 0. The van der Waals surface area contributed by atoms with Crippen molar-refractivity contribution in [3.05, 3.63) is 69.1 Å². The number of halogens is 2. The molecule has 0 radical (unpaired) electrons. The van der Waals surface area contributed by atoms with Crippen molar-refractivity contribution in [1.29, 1.82) is 0 Å². The molecule has 22 heavy (non-hydrogen) atoms. The topological polar surface area (TPSA) is 82.2 Å². The fourth-order valence-electron chi connectivity index (χ4n) is 1.87. The average Bonchev–Trinajstić information content (AvgIpc) is 2.47. The molecule has 1 aromatic heterocycles. The monoisotopic (exact) mass is 308 g/mol. The molecule has 1 unspecified atom stereocenters. The Bertz CT molecular complexity index is 759. The van der Waals surface area contributed by atoms with Gasteiger partial charge in [-0.3, -0.25) is 9.59 Å². The van der Waals surface area contributed by atoms with Crippen LogP contribution in [-0.2, 0) is 0 Å². The maximum absolute atomic E-state index is 13.1. The molecule has 1 atom stereocenters. The number of hydrogen-bond donors (Lipinski definition) is 3. The molecule has 5 nitrogen and oxygen atoms in total. The second kappa shape index (κ2) is 6.48. The molecule has 0 bridgehead atoms. The Labute approximate surface area is 124 Å². The number of aryl methyl sites for hydroxylation is 1. The number of nitrogens with one attached hydrogen (secondary N) is 2. The summed E-state index contributed by atoms with van der Waals surface area (Å²) in [6.45, 7) is 1.44. The van der Waals surface area contributed by atoms with E-state index >= 15 is 0 Å². The maximum Gasteiger partial charge on any atom is 0.260 e. The van der Waals surface area contributed by atoms with E-state index in [4.69, 9.17) is 0 Å². The van der Waals surface area contributed by atoms with Crippen LogP contribution in [-0.4, -0.2) is 22.5 Å². The van der Waals surface area contributed by atoms with Gasteiger partial charge in [0.1, 0.15) is 5.56 Å². The van der Waals surface area contributed by atoms with E-state index in [1.807, 2.05) is 0 Å². The van der Waals surface area contributed by atoms with Crippen molar-refractivity contribution in [3.63, 3.8) is 0 Å². The van der Waals surface area contributed by atoms with Crippen LogP contribution in [0.15, 0.2) is 35.1 Å². The minimum absolute atomic E-state index is 0.0944. The smallest absolute Gasteiger partial charge is 0.260 e. The Morgan fingerprint density at radius 1 is 1.27 bits per heavy atom. The summed E-state index contributed by atoms with van der Waals surface area (Å²) in [7, 11) is 0. The molecule has 0 spiro atoms. The molecular weight excluding hydrogens is 294 g/mol. The van der Waals surface area contributed by atoms with Gasteiger partial charge in [-0.05, 0) is 36.8 Å². The number of pyridine rings is 1. The van der Waals surface area contributed by atoms with Crippen LogP contribution in [0.2, 0.25) is 0 Å². The predicted octanol–water partition coefficient (Wildman–Crippen LogP) is 1.42. The molecule has 0 aliphatic heterocycles. The molecule has 0 saturated carbocycles. The number of aromatic nitrogens is 1. The fourth-order valence-corrected chi connectivity index (χ4v) is 1.87. The zero-order valence-electron chi connectivity index (χ0n) is 11.7. The van der Waals surface area contributed by atoms with E-state index in [1.165, 1.54) is 12.1 Å². The van der Waals surface area contributed by atoms with E-state index in [-0.39, 0.29) is 17.7 Å². The first kappa shape index (κ1) is 15.8. The van der Waals surface area contributed by atoms with Crippen LogP contribution in [0.25, 0.3) is 0 Å². The largest absolute Gasteiger partial charge is 0.387 e. The second-order valence-corrected chi connectivity index (χ2v) is 4.78. The molecule has 116 valence electrons. The Hall–Kier alpha value is -2.54. The molecule has 7 heteroatoms. The van der Waals surface area contributed by atoms with Crippen LogP contribution >= 0.6 is 0 Å². The van der Waals surface area contributed by atoms with Gasteiger partial charge in [0.2, 0.25) is 0 Å². The summed E-state index contributed by atoms with van der Waals surface area (Å²) in [6.07, 6.45) is -1.22. The highest BCUT2D eigenvalue weighted by Crippen LogP contribution is 2.15. The van der Waals surface area contributed by atoms with Gasteiger partial charge in [-0.15, -0.1) is 0 Å². The number of aliphatic hydroxyl groups excluding tert-OH is 1. The van der Waals surface area contributed by atoms with Crippen molar-refractivity contribution in [2.75, 3.05) is 6.54 Å². The van der Waals surface area contributed by atoms with Crippen molar-refractivity contribution in [3.8, 4) is 0 Å². The highest BCUT2D eigenvalue weighted by Gasteiger charge is 2.14. The summed E-state index contributed by atoms with van der Waals surface area (Å²) in [5.74, 6) is -2.77. The minimum Gasteiger partial charge on any atom is -0.387 e. The van der Waals surface area contributed by atoms with Crippen LogP contribution in [0.1, 0.15) is 27.7 Å². The molecular formula is C15H14F2N2O3. The number of carbonyl (C=O) groups excluding carboxylic acids is 1. The van der Waals surface area contributed by atoms with Crippen molar-refractivity contribution in [1.82, 2.24) is 10.3 Å². The lowest BCUT2D eigenvalue weighted by Crippen LogP contribution is -2.32. The van der Waals surface area contributed by atoms with Gasteiger partial charge in [0.25, 0.3) is 11.5 Å². The number of benzene rings is 1. The van der Waals surface area contributed by atoms with Gasteiger partial charge in [0.05, 0.1) is 6.10 Å². The number of rotatable bonds is 4. The summed E-state index contributed by atoms with van der Waals surface area (Å²) in [5, 5.41) is 12.2. The Kier molecular flexibility index (Phi) is 4.67. The lowest BCUT2D eigenvalue weighted by molar-refractivity contribution is 0.0914. The average molecular weight is 308 g/mol. The molecule has 0 aliphatic carbocycles. The van der Waals surface area contributed by atoms with Gasteiger partial charge in [0, 0.05) is 12.2 Å². The molecule has 0 aliphatic rings. The predicted molar refractivity (Wildman–Crippen MR) is 75.5 cm³/mol. The van der Waals surface area contributed by atoms with Crippen molar-refractivity contribution in [2.45, 2.75) is 13.0 Å². The third kappa shape index (κ3) is 3.56. The molecule has 0 saturated heterocycles. The maximum atomic E-state index is 13.1. The molecule has 0 fully saturated rings. The highest BCUT2D eigenvalue weighted by molar-refractivity contribution is 5.93. The number of amides is 1. The van der Waals surface area contributed by atoms with Crippen LogP contribution in [0.3, 0.4) is 0 Å². The van der Waals surface area contributed by atoms with Crippen molar-refractivity contribution >= 4 is 5.91 Å². The van der Waals surface area contributed by atoms with Crippen molar-refractivity contribution in [2.24, 2.45) is 0 Å². The lowest BCUT2D eigenvalue weighted by atomic mass is 10.1. The Balaban J connectivity index is 2.04. The van der Waals surface area contributed by atoms with E-state index < -0.39 is 29.2 Å². The molecule has 1 amide bonds. The van der Waals surface area contributed by atoms with Gasteiger partial charge in [-0.1, -0.05) is 6.07 Å². The molecule has 1 aromatic carbocycles. The molecule has 2 rings (SSSR count). The van der Waals surface area contributed by atoms with Gasteiger partial charge in [0.15, 0.2) is 11.6 Å². The van der Waals surface area contributed by atoms with E-state index in [9.17, 15) is 23.5 Å². The van der Waals surface area contributed by atoms with E-state index in [1.54, 1.807) is 13.0 Å². The first-order valence-electron chi connectivity index (χ1n) is 6.49. The van der Waals surface area contributed by atoms with Crippen LogP contribution in [0.4, 0.5) is 8.78 Å². The number of carbonyl (C=O) groups is 1. The van der Waals surface area contributed by atoms with Crippen LogP contribution in [0, 0.1) is 18.6 Å². The Morgan fingerprint density at radius 3 is 2.64 bits per heavy atom. The quantitative estimate of drug-likeness (QED) is 0.799. The fraction of sp³-hybridized carbons (Fsp3) is 0.200. The van der Waals surface area contributed by atoms with E-state index in [0.29, 0.717) is 5.69 Å². The van der Waals surface area contributed by atoms with Gasteiger partial charge in [-0.2, -0.15) is 0 Å². The van der Waals surface area contributed by atoms with Gasteiger partial charge >= 0.3 is 0 Å². The number of H-pyrrole nitrogens is 1. The lowest BCUT2D eigenvalue weighted by Gasteiger charge is -2.12. The number of hydrogen-bond acceptors (Lipinski definition) is 3. The third-order valence-corrected chi connectivity index (χ3v) is 3.08. The molecule has 2 aromatic rings. The summed E-state index contributed by atoms with van der Waals surface area (Å²) in [5.41, 5.74) is 0.100.